The van der Waals surface area contributed by atoms with Crippen LogP contribution in [0.5, 0.6) is 0 Å². The number of benzene rings is 2. The highest BCUT2D eigenvalue weighted by atomic mass is 32.2. The summed E-state index contributed by atoms with van der Waals surface area (Å²) >= 11 is 1.28. The van der Waals surface area contributed by atoms with Crippen LogP contribution in [0.15, 0.2) is 52.4 Å². The lowest BCUT2D eigenvalue weighted by Crippen LogP contribution is -2.21. The number of hydrogen-bond acceptors (Lipinski definition) is 3. The van der Waals surface area contributed by atoms with Crippen LogP contribution in [0.4, 0.5) is 5.69 Å². The van der Waals surface area contributed by atoms with Crippen molar-refractivity contribution >= 4 is 39.9 Å². The Labute approximate surface area is 150 Å². The van der Waals surface area contributed by atoms with E-state index in [-0.39, 0.29) is 11.8 Å². The second-order valence-corrected chi connectivity index (χ2v) is 7.23. The first-order valence-corrected chi connectivity index (χ1v) is 8.79. The minimum absolute atomic E-state index is 0.152. The SMILES string of the molecule is Cc1ccc(C2=NC(=O)C(=C3C(=O)N(C)c4c(C)cccc43)S2)cc1. The summed E-state index contributed by atoms with van der Waals surface area (Å²) < 4.78 is 0. The van der Waals surface area contributed by atoms with E-state index in [1.165, 1.54) is 11.8 Å². The Hall–Kier alpha value is -2.66. The quantitative estimate of drug-likeness (QED) is 0.738. The Morgan fingerprint density at radius 2 is 1.72 bits per heavy atom. The van der Waals surface area contributed by atoms with Gasteiger partial charge in [-0.2, -0.15) is 0 Å². The summed E-state index contributed by atoms with van der Waals surface area (Å²) in [6.07, 6.45) is 0. The fourth-order valence-electron chi connectivity index (χ4n) is 3.19. The molecule has 0 bridgehead atoms. The van der Waals surface area contributed by atoms with Gasteiger partial charge in [0.15, 0.2) is 0 Å². The van der Waals surface area contributed by atoms with Crippen molar-refractivity contribution in [2.75, 3.05) is 11.9 Å². The first kappa shape index (κ1) is 15.8. The number of rotatable bonds is 1. The van der Waals surface area contributed by atoms with Crippen molar-refractivity contribution in [1.82, 2.24) is 0 Å². The van der Waals surface area contributed by atoms with E-state index < -0.39 is 0 Å². The lowest BCUT2D eigenvalue weighted by Gasteiger charge is -2.11. The summed E-state index contributed by atoms with van der Waals surface area (Å²) in [5.41, 5.74) is 5.19. The molecule has 0 saturated carbocycles. The van der Waals surface area contributed by atoms with Crippen LogP contribution in [-0.2, 0) is 9.59 Å². The van der Waals surface area contributed by atoms with Crippen molar-refractivity contribution in [3.8, 4) is 0 Å². The molecule has 0 unspecified atom stereocenters. The number of anilines is 1. The van der Waals surface area contributed by atoms with Crippen molar-refractivity contribution in [2.24, 2.45) is 4.99 Å². The maximum Gasteiger partial charge on any atom is 0.285 e. The van der Waals surface area contributed by atoms with Crippen molar-refractivity contribution in [1.29, 1.82) is 0 Å². The lowest BCUT2D eigenvalue weighted by molar-refractivity contribution is -0.115. The van der Waals surface area contributed by atoms with Gasteiger partial charge in [0, 0.05) is 18.2 Å². The van der Waals surface area contributed by atoms with Gasteiger partial charge in [0.1, 0.15) is 5.04 Å². The van der Waals surface area contributed by atoms with E-state index >= 15 is 0 Å². The predicted octanol–water partition coefficient (Wildman–Crippen LogP) is 3.71. The molecule has 2 aliphatic rings. The summed E-state index contributed by atoms with van der Waals surface area (Å²) in [6.45, 7) is 3.98. The van der Waals surface area contributed by atoms with E-state index in [1.807, 2.05) is 56.3 Å². The number of fused-ring (bicyclic) bond motifs is 1. The van der Waals surface area contributed by atoms with Crippen LogP contribution in [0, 0.1) is 13.8 Å². The van der Waals surface area contributed by atoms with Gasteiger partial charge >= 0.3 is 0 Å². The molecular weight excluding hydrogens is 332 g/mol. The minimum Gasteiger partial charge on any atom is -0.310 e. The molecule has 0 aromatic heterocycles. The fourth-order valence-corrected chi connectivity index (χ4v) is 4.20. The average Bonchev–Trinajstić information content (AvgIpc) is 3.08. The Kier molecular flexibility index (Phi) is 3.62. The third-order valence-electron chi connectivity index (χ3n) is 4.48. The standard InChI is InChI=1S/C20H16N2O2S/c1-11-7-9-13(10-8-11)19-21-18(23)17(25-19)15-14-6-4-5-12(2)16(14)22(3)20(15)24/h4-10H,1-3H3. The molecule has 2 heterocycles. The summed E-state index contributed by atoms with van der Waals surface area (Å²) in [4.78, 5) is 31.5. The molecule has 0 atom stereocenters. The Balaban J connectivity index is 1.81. The van der Waals surface area contributed by atoms with E-state index in [9.17, 15) is 9.59 Å². The highest BCUT2D eigenvalue weighted by molar-refractivity contribution is 8.19. The van der Waals surface area contributed by atoms with Crippen molar-refractivity contribution in [3.05, 3.63) is 69.6 Å². The first-order chi connectivity index (χ1) is 12.0. The fraction of sp³-hybridized carbons (Fsp3) is 0.150. The van der Waals surface area contributed by atoms with E-state index in [0.29, 0.717) is 15.5 Å². The monoisotopic (exact) mass is 348 g/mol. The van der Waals surface area contributed by atoms with Gasteiger partial charge in [-0.05, 0) is 19.4 Å². The molecule has 4 rings (SSSR count). The predicted molar refractivity (Wildman–Crippen MR) is 102 cm³/mol. The number of aryl methyl sites for hydroxylation is 2. The van der Waals surface area contributed by atoms with Crippen LogP contribution in [0.2, 0.25) is 0 Å². The molecule has 5 heteroatoms. The van der Waals surface area contributed by atoms with Crippen LogP contribution in [0.25, 0.3) is 5.57 Å². The Morgan fingerprint density at radius 1 is 1.00 bits per heavy atom. The number of carbonyl (C=O) groups is 2. The third-order valence-corrected chi connectivity index (χ3v) is 5.59. The largest absolute Gasteiger partial charge is 0.310 e. The zero-order valence-electron chi connectivity index (χ0n) is 14.2. The van der Waals surface area contributed by atoms with Gasteiger partial charge in [-0.3, -0.25) is 9.59 Å². The smallest absolute Gasteiger partial charge is 0.285 e. The molecule has 2 aromatic rings. The second-order valence-electron chi connectivity index (χ2n) is 6.23. The maximum absolute atomic E-state index is 12.8. The molecule has 0 saturated heterocycles. The number of aliphatic imine (C=N–C) groups is 1. The molecule has 4 nitrogen and oxygen atoms in total. The average molecular weight is 348 g/mol. The normalized spacial score (nSPS) is 19.5. The van der Waals surface area contributed by atoms with Gasteiger partial charge < -0.3 is 4.90 Å². The maximum atomic E-state index is 12.8. The number of para-hydroxylation sites is 1. The van der Waals surface area contributed by atoms with Crippen LogP contribution in [0.1, 0.15) is 22.3 Å². The van der Waals surface area contributed by atoms with Crippen LogP contribution < -0.4 is 4.90 Å². The highest BCUT2D eigenvalue weighted by Crippen LogP contribution is 2.44. The topological polar surface area (TPSA) is 49.7 Å². The summed E-state index contributed by atoms with van der Waals surface area (Å²) in [5.74, 6) is -0.493. The van der Waals surface area contributed by atoms with Crippen molar-refractivity contribution in [3.63, 3.8) is 0 Å². The highest BCUT2D eigenvalue weighted by Gasteiger charge is 2.38. The van der Waals surface area contributed by atoms with Crippen molar-refractivity contribution in [2.45, 2.75) is 13.8 Å². The molecule has 0 radical (unpaired) electrons. The van der Waals surface area contributed by atoms with Gasteiger partial charge in [0.2, 0.25) is 0 Å². The zero-order chi connectivity index (χ0) is 17.7. The molecule has 25 heavy (non-hydrogen) atoms. The number of nitrogens with zero attached hydrogens (tertiary/aromatic N) is 2. The van der Waals surface area contributed by atoms with Gasteiger partial charge in [0.25, 0.3) is 11.8 Å². The van der Waals surface area contributed by atoms with Crippen molar-refractivity contribution < 1.29 is 9.59 Å². The van der Waals surface area contributed by atoms with E-state index in [0.717, 1.165) is 27.9 Å². The molecule has 0 N–H and O–H groups in total. The van der Waals surface area contributed by atoms with Gasteiger partial charge in [-0.1, -0.05) is 59.8 Å². The van der Waals surface area contributed by atoms with Crippen LogP contribution >= 0.6 is 11.8 Å². The number of likely N-dealkylation sites (N-methyl/N-ethyl adjacent to an activating group) is 1. The molecule has 2 aliphatic heterocycles. The number of carbonyl (C=O) groups excluding carboxylic acids is 2. The molecule has 0 aliphatic carbocycles. The van der Waals surface area contributed by atoms with E-state index in [1.54, 1.807) is 11.9 Å². The molecule has 0 fully saturated rings. The van der Waals surface area contributed by atoms with E-state index in [2.05, 4.69) is 4.99 Å². The molecule has 2 amide bonds. The molecular formula is C20H16N2O2S. The number of hydrogen-bond donors (Lipinski definition) is 0. The Morgan fingerprint density at radius 3 is 2.44 bits per heavy atom. The summed E-state index contributed by atoms with van der Waals surface area (Å²) in [6, 6.07) is 13.6. The second kappa shape index (κ2) is 5.70. The molecule has 2 aromatic carbocycles. The lowest BCUT2D eigenvalue weighted by atomic mass is 10.0. The molecule has 0 spiro atoms. The number of amides is 2. The van der Waals surface area contributed by atoms with Gasteiger partial charge in [-0.15, -0.1) is 0 Å². The summed E-state index contributed by atoms with van der Waals surface area (Å²) in [5, 5.41) is 0.643. The summed E-state index contributed by atoms with van der Waals surface area (Å²) in [7, 11) is 1.74. The van der Waals surface area contributed by atoms with Gasteiger partial charge in [0.05, 0.1) is 16.2 Å². The van der Waals surface area contributed by atoms with Crippen LogP contribution in [0.3, 0.4) is 0 Å². The first-order valence-electron chi connectivity index (χ1n) is 7.97. The third kappa shape index (κ3) is 2.43. The van der Waals surface area contributed by atoms with E-state index in [4.69, 9.17) is 0 Å². The van der Waals surface area contributed by atoms with Crippen LogP contribution in [-0.4, -0.2) is 23.9 Å². The number of thioether (sulfide) groups is 1. The zero-order valence-corrected chi connectivity index (χ0v) is 15.0. The molecule has 124 valence electrons. The Bertz CT molecular complexity index is 987. The van der Waals surface area contributed by atoms with Gasteiger partial charge in [-0.25, -0.2) is 4.99 Å². The minimum atomic E-state index is -0.341.